The van der Waals surface area contributed by atoms with Crippen molar-refractivity contribution in [2.45, 2.75) is 24.8 Å². The van der Waals surface area contributed by atoms with Gasteiger partial charge in [-0.1, -0.05) is 12.1 Å². The zero-order valence-electron chi connectivity index (χ0n) is 18.1. The number of carbonyl (C=O) groups excluding carboxylic acids is 2. The molecule has 32 heavy (non-hydrogen) atoms. The van der Waals surface area contributed by atoms with Crippen LogP contribution >= 0.6 is 0 Å². The molecule has 3 heterocycles. The third kappa shape index (κ3) is 2.98. The highest BCUT2D eigenvalue weighted by Crippen LogP contribution is 2.48. The number of nitrogens with one attached hydrogen (secondary N) is 2. The number of hydrogen-bond donors (Lipinski definition) is 3. The van der Waals surface area contributed by atoms with E-state index in [1.165, 1.54) is 7.05 Å². The summed E-state index contributed by atoms with van der Waals surface area (Å²) < 4.78 is 1.81. The Morgan fingerprint density at radius 2 is 1.94 bits per heavy atom. The summed E-state index contributed by atoms with van der Waals surface area (Å²) in [6, 6.07) is 7.63. The molecule has 10 nitrogen and oxygen atoms in total. The van der Waals surface area contributed by atoms with Crippen molar-refractivity contribution in [3.05, 3.63) is 47.4 Å². The number of nitrogens with two attached hydrogens (primary N) is 1. The van der Waals surface area contributed by atoms with Crippen molar-refractivity contribution in [1.82, 2.24) is 25.3 Å². The van der Waals surface area contributed by atoms with Crippen LogP contribution in [-0.2, 0) is 23.8 Å². The number of anilines is 3. The lowest BCUT2D eigenvalue weighted by Gasteiger charge is -2.29. The first-order chi connectivity index (χ1) is 15.3. The number of aromatic nitrogens is 4. The first-order valence-corrected chi connectivity index (χ1v) is 10.4. The summed E-state index contributed by atoms with van der Waals surface area (Å²) in [6.07, 6.45) is 3.28. The Morgan fingerprint density at radius 3 is 2.62 bits per heavy atom. The van der Waals surface area contributed by atoms with E-state index in [1.54, 1.807) is 6.07 Å². The van der Waals surface area contributed by atoms with Crippen molar-refractivity contribution in [1.29, 1.82) is 0 Å². The second-order valence-corrected chi connectivity index (χ2v) is 8.38. The molecule has 10 heteroatoms. The predicted molar refractivity (Wildman–Crippen MR) is 120 cm³/mol. The molecule has 2 aliphatic rings. The van der Waals surface area contributed by atoms with Crippen LogP contribution in [0.15, 0.2) is 30.5 Å². The molecule has 4 N–H and O–H groups in total. The number of aryl methyl sites for hydroxylation is 1. The average molecular weight is 432 g/mol. The van der Waals surface area contributed by atoms with Gasteiger partial charge in [-0.2, -0.15) is 10.2 Å². The SMILES string of the molecule is CNC(=O)c1nnc(C2(C(N)=O)CC2)cc1Nc1cccc2c1N(C)Cc1cn(C)nc1-2. The van der Waals surface area contributed by atoms with E-state index in [0.29, 0.717) is 30.8 Å². The molecule has 164 valence electrons. The van der Waals surface area contributed by atoms with Crippen LogP contribution in [0.25, 0.3) is 11.3 Å². The minimum atomic E-state index is -0.805. The summed E-state index contributed by atoms with van der Waals surface area (Å²) in [7, 11) is 5.46. The van der Waals surface area contributed by atoms with Crippen LogP contribution in [0.5, 0.6) is 0 Å². The Balaban J connectivity index is 1.62. The molecule has 0 bridgehead atoms. The molecule has 5 rings (SSSR count). The number of carbonyl (C=O) groups is 2. The molecule has 1 aromatic carbocycles. The molecule has 3 aromatic rings. The molecule has 1 aliphatic heterocycles. The quantitative estimate of drug-likeness (QED) is 0.556. The number of hydrogen-bond acceptors (Lipinski definition) is 7. The smallest absolute Gasteiger partial charge is 0.273 e. The summed E-state index contributed by atoms with van der Waals surface area (Å²) in [4.78, 5) is 26.6. The van der Waals surface area contributed by atoms with Gasteiger partial charge in [-0.15, -0.1) is 5.10 Å². The fourth-order valence-electron chi connectivity index (χ4n) is 4.37. The summed E-state index contributed by atoms with van der Waals surface area (Å²) >= 11 is 0. The number of benzene rings is 1. The van der Waals surface area contributed by atoms with Crippen LogP contribution in [0.4, 0.5) is 17.1 Å². The van der Waals surface area contributed by atoms with Crippen LogP contribution in [0.3, 0.4) is 0 Å². The third-order valence-corrected chi connectivity index (χ3v) is 6.20. The highest BCUT2D eigenvalue weighted by molar-refractivity contribution is 6.00. The summed E-state index contributed by atoms with van der Waals surface area (Å²) in [5.41, 5.74) is 10.8. The van der Waals surface area contributed by atoms with Gasteiger partial charge in [-0.3, -0.25) is 14.3 Å². The van der Waals surface area contributed by atoms with E-state index in [1.807, 2.05) is 43.2 Å². The van der Waals surface area contributed by atoms with Crippen LogP contribution < -0.4 is 21.3 Å². The number of rotatable bonds is 5. The van der Waals surface area contributed by atoms with Gasteiger partial charge in [0.15, 0.2) is 5.69 Å². The molecule has 1 aliphatic carbocycles. The molecular weight excluding hydrogens is 408 g/mol. The Hall–Kier alpha value is -3.95. The van der Waals surface area contributed by atoms with Gasteiger partial charge in [0, 0.05) is 45.0 Å². The third-order valence-electron chi connectivity index (χ3n) is 6.20. The Morgan fingerprint density at radius 1 is 1.16 bits per heavy atom. The van der Waals surface area contributed by atoms with Gasteiger partial charge in [-0.05, 0) is 25.0 Å². The number of primary amides is 1. The molecule has 2 aromatic heterocycles. The number of para-hydroxylation sites is 1. The van der Waals surface area contributed by atoms with Crippen molar-refractivity contribution in [3.8, 4) is 11.3 Å². The van der Waals surface area contributed by atoms with Gasteiger partial charge >= 0.3 is 0 Å². The van der Waals surface area contributed by atoms with Gasteiger partial charge in [0.25, 0.3) is 5.91 Å². The molecule has 0 unspecified atom stereocenters. The maximum absolute atomic E-state index is 12.5. The molecule has 0 spiro atoms. The highest BCUT2D eigenvalue weighted by Gasteiger charge is 2.52. The topological polar surface area (TPSA) is 131 Å². The monoisotopic (exact) mass is 432 g/mol. The average Bonchev–Trinajstić information content (AvgIpc) is 3.50. The lowest BCUT2D eigenvalue weighted by molar-refractivity contribution is -0.120. The van der Waals surface area contributed by atoms with Crippen molar-refractivity contribution in [2.24, 2.45) is 12.8 Å². The first kappa shape index (κ1) is 20.0. The highest BCUT2D eigenvalue weighted by atomic mass is 16.2. The lowest BCUT2D eigenvalue weighted by Crippen LogP contribution is -2.30. The number of nitrogens with zero attached hydrogens (tertiary/aromatic N) is 5. The second-order valence-electron chi connectivity index (χ2n) is 8.38. The molecule has 1 fully saturated rings. The molecule has 1 saturated carbocycles. The largest absolute Gasteiger partial charge is 0.369 e. The molecule has 0 radical (unpaired) electrons. The summed E-state index contributed by atoms with van der Waals surface area (Å²) in [5.74, 6) is -0.800. The van der Waals surface area contributed by atoms with Crippen LogP contribution in [0, 0.1) is 0 Å². The zero-order valence-corrected chi connectivity index (χ0v) is 18.1. The molecule has 2 amide bonds. The van der Waals surface area contributed by atoms with Crippen molar-refractivity contribution in [2.75, 3.05) is 24.3 Å². The number of amides is 2. The minimum absolute atomic E-state index is 0.145. The Bertz CT molecular complexity index is 1260. The Kier molecular flexibility index (Phi) is 4.40. The fourth-order valence-corrected chi connectivity index (χ4v) is 4.37. The van der Waals surface area contributed by atoms with E-state index in [2.05, 4.69) is 30.8 Å². The van der Waals surface area contributed by atoms with Crippen LogP contribution in [0.1, 0.15) is 34.6 Å². The Labute approximate surface area is 184 Å². The minimum Gasteiger partial charge on any atom is -0.369 e. The lowest BCUT2D eigenvalue weighted by atomic mass is 9.98. The molecular formula is C22H24N8O2. The van der Waals surface area contributed by atoms with Crippen LogP contribution in [0.2, 0.25) is 0 Å². The van der Waals surface area contributed by atoms with E-state index in [4.69, 9.17) is 5.73 Å². The van der Waals surface area contributed by atoms with Gasteiger partial charge in [0.2, 0.25) is 5.91 Å². The van der Waals surface area contributed by atoms with Gasteiger partial charge < -0.3 is 21.3 Å². The van der Waals surface area contributed by atoms with Crippen molar-refractivity contribution in [3.63, 3.8) is 0 Å². The molecule has 0 atom stereocenters. The predicted octanol–water partition coefficient (Wildman–Crippen LogP) is 1.45. The standard InChI is InChI=1S/C22H24N8O2/c1-24-20(31)18-15(9-16(26-27-18)22(7-8-22)21(23)32)25-14-6-4-5-13-17-12(11-30(3)28-17)10-29(2)19(13)14/h4-6,9,11H,7-8,10H2,1-3H3,(H2,23,32)(H,24,31)(H,25,26). The maximum Gasteiger partial charge on any atom is 0.273 e. The van der Waals surface area contributed by atoms with E-state index in [-0.39, 0.29) is 11.6 Å². The second kappa shape index (κ2) is 7.04. The zero-order chi connectivity index (χ0) is 22.6. The number of fused-ring (bicyclic) bond motifs is 3. The fraction of sp³-hybridized carbons (Fsp3) is 0.318. The maximum atomic E-state index is 12.5. The normalized spacial score (nSPS) is 15.5. The van der Waals surface area contributed by atoms with Gasteiger partial charge in [0.1, 0.15) is 0 Å². The van der Waals surface area contributed by atoms with E-state index >= 15 is 0 Å². The van der Waals surface area contributed by atoms with E-state index < -0.39 is 11.3 Å². The van der Waals surface area contributed by atoms with Gasteiger partial charge in [0.05, 0.1) is 33.9 Å². The summed E-state index contributed by atoms with van der Waals surface area (Å²) in [5, 5.41) is 18.9. The van der Waals surface area contributed by atoms with E-state index in [9.17, 15) is 9.59 Å². The summed E-state index contributed by atoms with van der Waals surface area (Å²) in [6.45, 7) is 0.710. The van der Waals surface area contributed by atoms with E-state index in [0.717, 1.165) is 28.2 Å². The molecule has 0 saturated heterocycles. The van der Waals surface area contributed by atoms with Crippen molar-refractivity contribution >= 4 is 28.9 Å². The van der Waals surface area contributed by atoms with Crippen molar-refractivity contribution < 1.29 is 9.59 Å². The first-order valence-electron chi connectivity index (χ1n) is 10.4. The van der Waals surface area contributed by atoms with Crippen LogP contribution in [-0.4, -0.2) is 45.9 Å². The van der Waals surface area contributed by atoms with Gasteiger partial charge in [-0.25, -0.2) is 0 Å².